The summed E-state index contributed by atoms with van der Waals surface area (Å²) in [5.74, 6) is 1.27. The van der Waals surface area contributed by atoms with Crippen molar-refractivity contribution in [3.63, 3.8) is 0 Å². The highest BCUT2D eigenvalue weighted by molar-refractivity contribution is 8.26. The first-order valence-corrected chi connectivity index (χ1v) is 8.51. The molecule has 1 aliphatic heterocycles. The Morgan fingerprint density at radius 3 is 2.73 bits per heavy atom. The van der Waals surface area contributed by atoms with Crippen molar-refractivity contribution >= 4 is 40.3 Å². The summed E-state index contributed by atoms with van der Waals surface area (Å²) in [6.07, 6.45) is 3.89. The first-order valence-electron chi connectivity index (χ1n) is 7.28. The minimum absolute atomic E-state index is 0.156. The van der Waals surface area contributed by atoms with Gasteiger partial charge in [0.05, 0.1) is 18.1 Å². The molecule has 2 rings (SSSR count). The van der Waals surface area contributed by atoms with Crippen molar-refractivity contribution in [1.29, 1.82) is 0 Å². The smallest absolute Gasteiger partial charge is 0.263 e. The van der Waals surface area contributed by atoms with Crippen LogP contribution in [0.25, 0.3) is 6.08 Å². The van der Waals surface area contributed by atoms with E-state index in [1.54, 1.807) is 6.08 Å². The molecular formula is C16H19NO3S2. The van der Waals surface area contributed by atoms with Crippen LogP contribution in [-0.4, -0.2) is 23.4 Å². The van der Waals surface area contributed by atoms with Crippen molar-refractivity contribution in [2.75, 3.05) is 13.2 Å². The van der Waals surface area contributed by atoms with Crippen LogP contribution in [0.1, 0.15) is 32.3 Å². The summed E-state index contributed by atoms with van der Waals surface area (Å²) in [4.78, 5) is 12.3. The van der Waals surface area contributed by atoms with Gasteiger partial charge in [-0.05, 0) is 37.1 Å². The van der Waals surface area contributed by atoms with Crippen LogP contribution in [0.2, 0.25) is 0 Å². The summed E-state index contributed by atoms with van der Waals surface area (Å²) >= 11 is 6.25. The van der Waals surface area contributed by atoms with Gasteiger partial charge in [0.25, 0.3) is 5.91 Å². The third kappa shape index (κ3) is 4.48. The summed E-state index contributed by atoms with van der Waals surface area (Å²) < 4.78 is 11.9. The zero-order chi connectivity index (χ0) is 15.9. The Hall–Kier alpha value is -1.53. The summed E-state index contributed by atoms with van der Waals surface area (Å²) in [5.41, 5.74) is 0.883. The van der Waals surface area contributed by atoms with Gasteiger partial charge in [0.2, 0.25) is 0 Å². The van der Waals surface area contributed by atoms with Crippen LogP contribution >= 0.6 is 24.0 Å². The molecule has 1 amide bonds. The molecule has 0 aromatic heterocycles. The highest BCUT2D eigenvalue weighted by atomic mass is 32.2. The number of carbonyl (C=O) groups excluding carboxylic acids is 1. The van der Waals surface area contributed by atoms with Gasteiger partial charge in [-0.25, -0.2) is 0 Å². The molecule has 0 aliphatic carbocycles. The van der Waals surface area contributed by atoms with Gasteiger partial charge in [0.15, 0.2) is 11.5 Å². The van der Waals surface area contributed by atoms with Gasteiger partial charge in [0, 0.05) is 0 Å². The molecule has 0 saturated carbocycles. The zero-order valence-corrected chi connectivity index (χ0v) is 14.3. The number of hydrogen-bond donors (Lipinski definition) is 1. The average Bonchev–Trinajstić information content (AvgIpc) is 2.79. The van der Waals surface area contributed by atoms with E-state index in [-0.39, 0.29) is 5.91 Å². The summed E-state index contributed by atoms with van der Waals surface area (Å²) in [6, 6.07) is 5.67. The first-order chi connectivity index (χ1) is 10.6. The maximum Gasteiger partial charge on any atom is 0.263 e. The molecule has 1 heterocycles. The van der Waals surface area contributed by atoms with Gasteiger partial charge in [0.1, 0.15) is 4.32 Å². The van der Waals surface area contributed by atoms with E-state index in [4.69, 9.17) is 21.7 Å². The summed E-state index contributed by atoms with van der Waals surface area (Å²) in [7, 11) is 0. The molecule has 118 valence electrons. The molecule has 0 unspecified atom stereocenters. The third-order valence-corrected chi connectivity index (χ3v) is 4.13. The van der Waals surface area contributed by atoms with Gasteiger partial charge in [-0.1, -0.05) is 43.4 Å². The Kier molecular flexibility index (Phi) is 6.27. The lowest BCUT2D eigenvalue weighted by molar-refractivity contribution is -0.115. The molecule has 1 N–H and O–H groups in total. The van der Waals surface area contributed by atoms with E-state index >= 15 is 0 Å². The number of thioether (sulfide) groups is 1. The van der Waals surface area contributed by atoms with E-state index in [0.717, 1.165) is 24.2 Å². The highest BCUT2D eigenvalue weighted by Crippen LogP contribution is 2.32. The second-order valence-corrected chi connectivity index (χ2v) is 6.41. The number of ether oxygens (including phenoxy) is 2. The predicted octanol–water partition coefficient (Wildman–Crippen LogP) is 3.75. The fraction of sp³-hybridized carbons (Fsp3) is 0.375. The Labute approximate surface area is 140 Å². The molecule has 0 bridgehead atoms. The molecule has 1 fully saturated rings. The molecular weight excluding hydrogens is 318 g/mol. The molecule has 1 saturated heterocycles. The molecule has 4 nitrogen and oxygen atoms in total. The van der Waals surface area contributed by atoms with Gasteiger partial charge >= 0.3 is 0 Å². The number of unbranched alkanes of at least 4 members (excludes halogenated alkanes) is 1. The van der Waals surface area contributed by atoms with Crippen molar-refractivity contribution in [2.24, 2.45) is 0 Å². The zero-order valence-electron chi connectivity index (χ0n) is 12.7. The van der Waals surface area contributed by atoms with Crippen LogP contribution < -0.4 is 14.8 Å². The minimum atomic E-state index is -0.156. The second kappa shape index (κ2) is 8.19. The number of hydrogen-bond acceptors (Lipinski definition) is 5. The SMILES string of the molecule is CCCCOc1ccc(C=C2SC(=S)NC2=O)cc1OCC. The van der Waals surface area contributed by atoms with Crippen molar-refractivity contribution in [2.45, 2.75) is 26.7 Å². The molecule has 1 aliphatic rings. The first kappa shape index (κ1) is 16.8. The number of benzene rings is 1. The maximum absolute atomic E-state index is 11.7. The summed E-state index contributed by atoms with van der Waals surface area (Å²) in [5, 5.41) is 2.60. The molecule has 0 radical (unpaired) electrons. The monoisotopic (exact) mass is 337 g/mol. The highest BCUT2D eigenvalue weighted by Gasteiger charge is 2.22. The van der Waals surface area contributed by atoms with Crippen LogP contribution in [0.3, 0.4) is 0 Å². The third-order valence-electron chi connectivity index (χ3n) is 2.96. The minimum Gasteiger partial charge on any atom is -0.490 e. The maximum atomic E-state index is 11.7. The Balaban J connectivity index is 2.19. The lowest BCUT2D eigenvalue weighted by Gasteiger charge is -2.12. The molecule has 0 atom stereocenters. The fourth-order valence-corrected chi connectivity index (χ4v) is 2.95. The van der Waals surface area contributed by atoms with E-state index in [2.05, 4.69) is 12.2 Å². The van der Waals surface area contributed by atoms with Crippen molar-refractivity contribution < 1.29 is 14.3 Å². The molecule has 0 spiro atoms. The van der Waals surface area contributed by atoms with Crippen molar-refractivity contribution in [3.8, 4) is 11.5 Å². The van der Waals surface area contributed by atoms with Crippen LogP contribution in [0, 0.1) is 0 Å². The molecule has 6 heteroatoms. The fourth-order valence-electron chi connectivity index (χ4n) is 1.90. The van der Waals surface area contributed by atoms with E-state index in [9.17, 15) is 4.79 Å². The quantitative estimate of drug-likeness (QED) is 0.466. The van der Waals surface area contributed by atoms with Gasteiger partial charge in [-0.2, -0.15) is 0 Å². The number of amides is 1. The van der Waals surface area contributed by atoms with E-state index in [1.807, 2.05) is 25.1 Å². The largest absolute Gasteiger partial charge is 0.490 e. The van der Waals surface area contributed by atoms with E-state index in [1.165, 1.54) is 11.8 Å². The molecule has 22 heavy (non-hydrogen) atoms. The number of rotatable bonds is 7. The van der Waals surface area contributed by atoms with Crippen LogP contribution in [-0.2, 0) is 4.79 Å². The Morgan fingerprint density at radius 1 is 1.27 bits per heavy atom. The number of carbonyl (C=O) groups is 1. The number of nitrogens with one attached hydrogen (secondary N) is 1. The van der Waals surface area contributed by atoms with Gasteiger partial charge in [-0.3, -0.25) is 4.79 Å². The van der Waals surface area contributed by atoms with E-state index < -0.39 is 0 Å². The topological polar surface area (TPSA) is 47.6 Å². The van der Waals surface area contributed by atoms with E-state index in [0.29, 0.717) is 28.2 Å². The molecule has 1 aromatic carbocycles. The second-order valence-electron chi connectivity index (χ2n) is 4.69. The Bertz CT molecular complexity index is 599. The standard InChI is InChI=1S/C16H19NO3S2/c1-3-5-8-20-12-7-6-11(9-13(12)19-4-2)10-14-15(18)17-16(21)22-14/h6-7,9-10H,3-5,8H2,1-2H3,(H,17,18,21). The van der Waals surface area contributed by atoms with Crippen molar-refractivity contribution in [1.82, 2.24) is 5.32 Å². The van der Waals surface area contributed by atoms with Crippen LogP contribution in [0.15, 0.2) is 23.1 Å². The van der Waals surface area contributed by atoms with Gasteiger partial charge < -0.3 is 14.8 Å². The Morgan fingerprint density at radius 2 is 2.09 bits per heavy atom. The van der Waals surface area contributed by atoms with Crippen molar-refractivity contribution in [3.05, 3.63) is 28.7 Å². The lowest BCUT2D eigenvalue weighted by Crippen LogP contribution is -2.17. The normalized spacial score (nSPS) is 16.0. The van der Waals surface area contributed by atoms with Crippen LogP contribution in [0.5, 0.6) is 11.5 Å². The lowest BCUT2D eigenvalue weighted by atomic mass is 10.2. The van der Waals surface area contributed by atoms with Gasteiger partial charge in [-0.15, -0.1) is 0 Å². The average molecular weight is 337 g/mol. The number of thiocarbonyl (C=S) groups is 1. The van der Waals surface area contributed by atoms with Crippen LogP contribution in [0.4, 0.5) is 0 Å². The molecule has 1 aromatic rings. The predicted molar refractivity (Wildman–Crippen MR) is 94.3 cm³/mol. The summed E-state index contributed by atoms with van der Waals surface area (Å²) in [6.45, 7) is 5.28.